The SMILES string of the molecule is CCCC[C@@]12OC(=O)O[C@H]1C1=CCCC[C@@]1(C)C/C=C\C2(C)C. The van der Waals surface area contributed by atoms with Gasteiger partial charge in [0.25, 0.3) is 0 Å². The van der Waals surface area contributed by atoms with Crippen LogP contribution in [-0.4, -0.2) is 17.9 Å². The van der Waals surface area contributed by atoms with Crippen molar-refractivity contribution in [3.63, 3.8) is 0 Å². The van der Waals surface area contributed by atoms with Gasteiger partial charge in [-0.3, -0.25) is 0 Å². The number of rotatable bonds is 3. The number of carbonyl (C=O) groups excluding carboxylic acids is 1. The first-order chi connectivity index (χ1) is 10.8. The molecule has 0 aromatic carbocycles. The van der Waals surface area contributed by atoms with Crippen molar-refractivity contribution in [2.24, 2.45) is 10.8 Å². The zero-order chi connectivity index (χ0) is 16.7. The molecule has 2 aliphatic carbocycles. The molecule has 3 aliphatic rings. The van der Waals surface area contributed by atoms with Gasteiger partial charge < -0.3 is 9.47 Å². The second-order valence-electron chi connectivity index (χ2n) is 8.28. The zero-order valence-electron chi connectivity index (χ0n) is 15.0. The molecule has 3 nitrogen and oxygen atoms in total. The minimum Gasteiger partial charge on any atom is -0.422 e. The molecule has 0 saturated carbocycles. The van der Waals surface area contributed by atoms with Gasteiger partial charge in [-0.25, -0.2) is 4.79 Å². The van der Waals surface area contributed by atoms with E-state index >= 15 is 0 Å². The van der Waals surface area contributed by atoms with Crippen molar-refractivity contribution in [3.8, 4) is 0 Å². The summed E-state index contributed by atoms with van der Waals surface area (Å²) in [6.07, 6.45) is 13.6. The molecule has 128 valence electrons. The van der Waals surface area contributed by atoms with E-state index < -0.39 is 11.8 Å². The number of hydrogen-bond donors (Lipinski definition) is 0. The van der Waals surface area contributed by atoms with E-state index in [1.807, 2.05) is 0 Å². The van der Waals surface area contributed by atoms with Gasteiger partial charge in [0.05, 0.1) is 0 Å². The third-order valence-corrected chi connectivity index (χ3v) is 6.27. The molecule has 3 rings (SSSR count). The Kier molecular flexibility index (Phi) is 4.10. The van der Waals surface area contributed by atoms with Gasteiger partial charge in [0.15, 0.2) is 11.7 Å². The highest BCUT2D eigenvalue weighted by molar-refractivity contribution is 5.65. The molecule has 23 heavy (non-hydrogen) atoms. The van der Waals surface area contributed by atoms with Gasteiger partial charge in [-0.2, -0.15) is 0 Å². The fourth-order valence-electron chi connectivity index (χ4n) is 4.68. The summed E-state index contributed by atoms with van der Waals surface area (Å²) in [6.45, 7) is 8.86. The Hall–Kier alpha value is -1.25. The predicted octanol–water partition coefficient (Wildman–Crippen LogP) is 5.55. The van der Waals surface area contributed by atoms with E-state index in [9.17, 15) is 4.79 Å². The average molecular weight is 318 g/mol. The average Bonchev–Trinajstić information content (AvgIpc) is 2.82. The van der Waals surface area contributed by atoms with Crippen molar-refractivity contribution < 1.29 is 14.3 Å². The number of allylic oxidation sites excluding steroid dienone is 2. The quantitative estimate of drug-likeness (QED) is 0.505. The highest BCUT2D eigenvalue weighted by atomic mass is 16.8. The third kappa shape index (κ3) is 2.53. The van der Waals surface area contributed by atoms with Crippen LogP contribution in [0.25, 0.3) is 0 Å². The van der Waals surface area contributed by atoms with Crippen LogP contribution in [0.3, 0.4) is 0 Å². The van der Waals surface area contributed by atoms with Crippen LogP contribution in [0.4, 0.5) is 4.79 Å². The summed E-state index contributed by atoms with van der Waals surface area (Å²) in [5.41, 5.74) is 0.560. The second kappa shape index (κ2) is 5.68. The van der Waals surface area contributed by atoms with Crippen LogP contribution in [0.15, 0.2) is 23.8 Å². The van der Waals surface area contributed by atoms with Gasteiger partial charge in [-0.15, -0.1) is 0 Å². The number of carbonyl (C=O) groups is 1. The van der Waals surface area contributed by atoms with E-state index in [0.29, 0.717) is 0 Å². The van der Waals surface area contributed by atoms with Crippen molar-refractivity contribution in [1.82, 2.24) is 0 Å². The van der Waals surface area contributed by atoms with E-state index in [1.165, 1.54) is 12.0 Å². The molecule has 0 spiro atoms. The van der Waals surface area contributed by atoms with E-state index in [0.717, 1.165) is 38.5 Å². The highest BCUT2D eigenvalue weighted by Gasteiger charge is 2.62. The summed E-state index contributed by atoms with van der Waals surface area (Å²) < 4.78 is 11.8. The summed E-state index contributed by atoms with van der Waals surface area (Å²) >= 11 is 0. The lowest BCUT2D eigenvalue weighted by Crippen LogP contribution is -2.54. The number of ether oxygens (including phenoxy) is 2. The molecule has 0 aromatic heterocycles. The molecule has 0 aromatic rings. The summed E-state index contributed by atoms with van der Waals surface area (Å²) in [5, 5.41) is 0. The van der Waals surface area contributed by atoms with Gasteiger partial charge in [-0.1, -0.05) is 52.3 Å². The molecular formula is C20H30O3. The Morgan fingerprint density at radius 3 is 2.83 bits per heavy atom. The normalized spacial score (nSPS) is 39.9. The molecule has 0 radical (unpaired) electrons. The van der Waals surface area contributed by atoms with E-state index in [-0.39, 0.29) is 16.9 Å². The molecule has 3 heteroatoms. The van der Waals surface area contributed by atoms with Crippen LogP contribution in [0.1, 0.15) is 72.6 Å². The Morgan fingerprint density at radius 2 is 2.09 bits per heavy atom. The molecule has 3 atom stereocenters. The van der Waals surface area contributed by atoms with Crippen LogP contribution in [0, 0.1) is 10.8 Å². The Labute approximate surface area is 140 Å². The Bertz CT molecular complexity index is 545. The highest BCUT2D eigenvalue weighted by Crippen LogP contribution is 2.56. The third-order valence-electron chi connectivity index (χ3n) is 6.27. The maximum Gasteiger partial charge on any atom is 0.509 e. The van der Waals surface area contributed by atoms with Crippen LogP contribution in [0.2, 0.25) is 0 Å². The van der Waals surface area contributed by atoms with Crippen molar-refractivity contribution in [3.05, 3.63) is 23.8 Å². The topological polar surface area (TPSA) is 35.5 Å². The number of hydrogen-bond acceptors (Lipinski definition) is 3. The first-order valence-electron chi connectivity index (χ1n) is 9.12. The summed E-state index contributed by atoms with van der Waals surface area (Å²) in [7, 11) is 0. The molecule has 1 saturated heterocycles. The zero-order valence-corrected chi connectivity index (χ0v) is 15.0. The lowest BCUT2D eigenvalue weighted by Gasteiger charge is -2.48. The van der Waals surface area contributed by atoms with Crippen molar-refractivity contribution >= 4 is 6.16 Å². The minimum atomic E-state index is -0.582. The Balaban J connectivity index is 2.14. The van der Waals surface area contributed by atoms with Crippen molar-refractivity contribution in [2.45, 2.75) is 84.3 Å². The molecule has 1 heterocycles. The maximum absolute atomic E-state index is 12.2. The summed E-state index contributed by atoms with van der Waals surface area (Å²) in [6, 6.07) is 0. The molecule has 0 bridgehead atoms. The van der Waals surface area contributed by atoms with E-state index in [1.54, 1.807) is 0 Å². The summed E-state index contributed by atoms with van der Waals surface area (Å²) in [4.78, 5) is 12.2. The summed E-state index contributed by atoms with van der Waals surface area (Å²) in [5.74, 6) is 0. The monoisotopic (exact) mass is 318 g/mol. The predicted molar refractivity (Wildman–Crippen MR) is 91.2 cm³/mol. The first kappa shape index (κ1) is 16.6. The van der Waals surface area contributed by atoms with E-state index in [4.69, 9.17) is 9.47 Å². The smallest absolute Gasteiger partial charge is 0.422 e. The molecule has 0 amide bonds. The number of unbranched alkanes of at least 4 members (excludes halogenated alkanes) is 1. The number of fused-ring (bicyclic) bond motifs is 3. The van der Waals surface area contributed by atoms with Crippen LogP contribution < -0.4 is 0 Å². The van der Waals surface area contributed by atoms with Gasteiger partial charge >= 0.3 is 6.16 Å². The second-order valence-corrected chi connectivity index (χ2v) is 8.28. The van der Waals surface area contributed by atoms with Gasteiger partial charge in [0.1, 0.15) is 0 Å². The van der Waals surface area contributed by atoms with Crippen LogP contribution in [0.5, 0.6) is 0 Å². The van der Waals surface area contributed by atoms with Crippen molar-refractivity contribution in [1.29, 1.82) is 0 Å². The van der Waals surface area contributed by atoms with Crippen LogP contribution in [-0.2, 0) is 9.47 Å². The Morgan fingerprint density at radius 1 is 1.30 bits per heavy atom. The van der Waals surface area contributed by atoms with E-state index in [2.05, 4.69) is 45.9 Å². The fourth-order valence-corrected chi connectivity index (χ4v) is 4.68. The first-order valence-corrected chi connectivity index (χ1v) is 9.12. The lowest BCUT2D eigenvalue weighted by atomic mass is 9.59. The van der Waals surface area contributed by atoms with Crippen molar-refractivity contribution in [2.75, 3.05) is 0 Å². The largest absolute Gasteiger partial charge is 0.509 e. The molecular weight excluding hydrogens is 288 g/mol. The van der Waals surface area contributed by atoms with Gasteiger partial charge in [0.2, 0.25) is 0 Å². The molecule has 1 aliphatic heterocycles. The van der Waals surface area contributed by atoms with Gasteiger partial charge in [0, 0.05) is 5.41 Å². The minimum absolute atomic E-state index is 0.0847. The van der Waals surface area contributed by atoms with Gasteiger partial charge in [-0.05, 0) is 49.5 Å². The maximum atomic E-state index is 12.2. The lowest BCUT2D eigenvalue weighted by molar-refractivity contribution is -0.0540. The fraction of sp³-hybridized carbons (Fsp3) is 0.750. The molecule has 0 N–H and O–H groups in total. The standard InChI is InChI=1S/C20H30O3/c1-5-6-14-20-16(22-17(21)23-20)15-10-7-8-12-19(15,4)13-9-11-18(20,2)3/h9-11,16H,5-8,12-14H2,1-4H3/b11-9-/t16-,19-,20+/m0/s1. The van der Waals surface area contributed by atoms with Crippen LogP contribution >= 0.6 is 0 Å². The molecule has 1 fully saturated rings. The molecule has 0 unspecified atom stereocenters.